The second-order valence-electron chi connectivity index (χ2n) is 5.55. The fourth-order valence-electron chi connectivity index (χ4n) is 3.19. The van der Waals surface area contributed by atoms with E-state index >= 15 is 0 Å². The highest BCUT2D eigenvalue weighted by molar-refractivity contribution is 5.78. The standard InChI is InChI=1S/C15H20FN3/c16-12-7-8-14-13(10-12)18-15(17)19(14)9-3-6-11-4-1-2-5-11/h7-8,10-11H,1-6,9H2,(H2,17,18). The Labute approximate surface area is 112 Å². The second kappa shape index (κ2) is 5.19. The van der Waals surface area contributed by atoms with Gasteiger partial charge in [0.15, 0.2) is 0 Å². The van der Waals surface area contributed by atoms with Crippen LogP contribution in [0.1, 0.15) is 38.5 Å². The van der Waals surface area contributed by atoms with Crippen LogP contribution in [0.25, 0.3) is 11.0 Å². The molecule has 3 rings (SSSR count). The summed E-state index contributed by atoms with van der Waals surface area (Å²) in [7, 11) is 0. The molecule has 0 atom stereocenters. The molecule has 1 fully saturated rings. The highest BCUT2D eigenvalue weighted by Crippen LogP contribution is 2.29. The predicted octanol–water partition coefficient (Wildman–Crippen LogP) is 3.73. The van der Waals surface area contributed by atoms with Gasteiger partial charge in [0.05, 0.1) is 11.0 Å². The molecule has 1 aromatic heterocycles. The summed E-state index contributed by atoms with van der Waals surface area (Å²) in [5.74, 6) is 1.13. The number of fused-ring (bicyclic) bond motifs is 1. The summed E-state index contributed by atoms with van der Waals surface area (Å²) < 4.78 is 15.1. The minimum absolute atomic E-state index is 0.261. The smallest absolute Gasteiger partial charge is 0.201 e. The molecule has 1 aliphatic rings. The average molecular weight is 261 g/mol. The number of rotatable bonds is 4. The van der Waals surface area contributed by atoms with Crippen LogP contribution in [0.5, 0.6) is 0 Å². The molecule has 4 heteroatoms. The first-order valence-corrected chi connectivity index (χ1v) is 7.15. The van der Waals surface area contributed by atoms with Gasteiger partial charge in [-0.3, -0.25) is 0 Å². The largest absolute Gasteiger partial charge is 0.369 e. The first-order chi connectivity index (χ1) is 9.24. The van der Waals surface area contributed by atoms with Crippen LogP contribution < -0.4 is 5.73 Å². The molecule has 2 N–H and O–H groups in total. The molecule has 0 radical (unpaired) electrons. The molecule has 0 aliphatic heterocycles. The molecule has 1 aliphatic carbocycles. The number of nitrogen functional groups attached to an aromatic ring is 1. The Bertz CT molecular complexity index is 570. The maximum atomic E-state index is 13.1. The van der Waals surface area contributed by atoms with Gasteiger partial charge in [-0.1, -0.05) is 25.7 Å². The van der Waals surface area contributed by atoms with E-state index in [4.69, 9.17) is 5.73 Å². The maximum Gasteiger partial charge on any atom is 0.201 e. The van der Waals surface area contributed by atoms with Crippen LogP contribution in [0.4, 0.5) is 10.3 Å². The number of nitrogens with zero attached hydrogens (tertiary/aromatic N) is 2. The van der Waals surface area contributed by atoms with Gasteiger partial charge in [-0.2, -0.15) is 0 Å². The lowest BCUT2D eigenvalue weighted by Gasteiger charge is -2.10. The lowest BCUT2D eigenvalue weighted by molar-refractivity contribution is 0.462. The fraction of sp³-hybridized carbons (Fsp3) is 0.533. The summed E-state index contributed by atoms with van der Waals surface area (Å²) in [6, 6.07) is 4.68. The van der Waals surface area contributed by atoms with E-state index in [1.165, 1.54) is 44.2 Å². The highest BCUT2D eigenvalue weighted by atomic mass is 19.1. The molecule has 1 saturated carbocycles. The van der Waals surface area contributed by atoms with Crippen LogP contribution >= 0.6 is 0 Å². The first kappa shape index (κ1) is 12.5. The number of aryl methyl sites for hydroxylation is 1. The summed E-state index contributed by atoms with van der Waals surface area (Å²) in [4.78, 5) is 4.23. The van der Waals surface area contributed by atoms with Gasteiger partial charge < -0.3 is 10.3 Å². The van der Waals surface area contributed by atoms with E-state index in [2.05, 4.69) is 4.98 Å². The molecule has 0 unspecified atom stereocenters. The van der Waals surface area contributed by atoms with Crippen LogP contribution in [0.2, 0.25) is 0 Å². The number of hydrogen-bond acceptors (Lipinski definition) is 2. The van der Waals surface area contributed by atoms with Gasteiger partial charge in [-0.05, 0) is 30.9 Å². The molecular formula is C15H20FN3. The third kappa shape index (κ3) is 2.57. The van der Waals surface area contributed by atoms with Gasteiger partial charge >= 0.3 is 0 Å². The van der Waals surface area contributed by atoms with Crippen molar-refractivity contribution in [3.63, 3.8) is 0 Å². The molecule has 3 nitrogen and oxygen atoms in total. The monoisotopic (exact) mass is 261 g/mol. The van der Waals surface area contributed by atoms with E-state index in [-0.39, 0.29) is 5.82 Å². The Morgan fingerprint density at radius 2 is 2.11 bits per heavy atom. The number of halogens is 1. The quantitative estimate of drug-likeness (QED) is 0.911. The van der Waals surface area contributed by atoms with Crippen molar-refractivity contribution in [2.75, 3.05) is 5.73 Å². The normalized spacial score (nSPS) is 16.5. The number of benzene rings is 1. The van der Waals surface area contributed by atoms with E-state index in [0.717, 1.165) is 24.4 Å². The zero-order valence-electron chi connectivity index (χ0n) is 11.1. The lowest BCUT2D eigenvalue weighted by atomic mass is 10.0. The Hall–Kier alpha value is -1.58. The van der Waals surface area contributed by atoms with Crippen molar-refractivity contribution in [3.05, 3.63) is 24.0 Å². The summed E-state index contributed by atoms with van der Waals surface area (Å²) in [6.07, 6.45) is 7.93. The topological polar surface area (TPSA) is 43.8 Å². The number of anilines is 1. The Morgan fingerprint density at radius 3 is 2.89 bits per heavy atom. The van der Waals surface area contributed by atoms with E-state index in [1.807, 2.05) is 4.57 Å². The van der Waals surface area contributed by atoms with Crippen molar-refractivity contribution in [1.82, 2.24) is 9.55 Å². The maximum absolute atomic E-state index is 13.1. The van der Waals surface area contributed by atoms with Gasteiger partial charge in [0.1, 0.15) is 5.82 Å². The van der Waals surface area contributed by atoms with E-state index < -0.39 is 0 Å². The molecule has 0 spiro atoms. The van der Waals surface area contributed by atoms with Crippen molar-refractivity contribution >= 4 is 17.0 Å². The summed E-state index contributed by atoms with van der Waals surface area (Å²) in [6.45, 7) is 0.879. The Morgan fingerprint density at radius 1 is 1.32 bits per heavy atom. The van der Waals surface area contributed by atoms with E-state index in [1.54, 1.807) is 6.07 Å². The van der Waals surface area contributed by atoms with Crippen molar-refractivity contribution in [1.29, 1.82) is 0 Å². The molecule has 102 valence electrons. The number of imidazole rings is 1. The van der Waals surface area contributed by atoms with Crippen molar-refractivity contribution in [2.24, 2.45) is 5.92 Å². The molecule has 19 heavy (non-hydrogen) atoms. The van der Waals surface area contributed by atoms with Crippen molar-refractivity contribution in [2.45, 2.75) is 45.1 Å². The Balaban J connectivity index is 1.71. The molecule has 1 aromatic carbocycles. The van der Waals surface area contributed by atoms with Crippen LogP contribution in [0.3, 0.4) is 0 Å². The lowest BCUT2D eigenvalue weighted by Crippen LogP contribution is -2.05. The fourth-order valence-corrected chi connectivity index (χ4v) is 3.19. The summed E-state index contributed by atoms with van der Waals surface area (Å²) in [5.41, 5.74) is 7.51. The van der Waals surface area contributed by atoms with Crippen LogP contribution in [0.15, 0.2) is 18.2 Å². The van der Waals surface area contributed by atoms with E-state index in [0.29, 0.717) is 11.5 Å². The second-order valence-corrected chi connectivity index (χ2v) is 5.55. The van der Waals surface area contributed by atoms with Gasteiger partial charge in [0.25, 0.3) is 0 Å². The first-order valence-electron chi connectivity index (χ1n) is 7.15. The highest BCUT2D eigenvalue weighted by Gasteiger charge is 2.15. The van der Waals surface area contributed by atoms with Gasteiger partial charge in [0.2, 0.25) is 5.95 Å². The van der Waals surface area contributed by atoms with Crippen LogP contribution in [-0.2, 0) is 6.54 Å². The van der Waals surface area contributed by atoms with Gasteiger partial charge in [-0.25, -0.2) is 9.37 Å². The zero-order chi connectivity index (χ0) is 13.2. The third-order valence-corrected chi connectivity index (χ3v) is 4.21. The zero-order valence-corrected chi connectivity index (χ0v) is 11.1. The van der Waals surface area contributed by atoms with Gasteiger partial charge in [0, 0.05) is 12.6 Å². The van der Waals surface area contributed by atoms with Crippen LogP contribution in [-0.4, -0.2) is 9.55 Å². The minimum atomic E-state index is -0.261. The van der Waals surface area contributed by atoms with Gasteiger partial charge in [-0.15, -0.1) is 0 Å². The summed E-state index contributed by atoms with van der Waals surface area (Å²) >= 11 is 0. The SMILES string of the molecule is Nc1nc2cc(F)ccc2n1CCCC1CCCC1. The number of hydrogen-bond donors (Lipinski definition) is 1. The minimum Gasteiger partial charge on any atom is -0.369 e. The van der Waals surface area contributed by atoms with Crippen molar-refractivity contribution in [3.8, 4) is 0 Å². The molecule has 0 amide bonds. The predicted molar refractivity (Wildman–Crippen MR) is 75.3 cm³/mol. The number of aromatic nitrogens is 2. The molecule has 1 heterocycles. The summed E-state index contributed by atoms with van der Waals surface area (Å²) in [5, 5.41) is 0. The third-order valence-electron chi connectivity index (χ3n) is 4.21. The number of nitrogens with two attached hydrogens (primary N) is 1. The molecule has 0 saturated heterocycles. The molecular weight excluding hydrogens is 241 g/mol. The molecule has 2 aromatic rings. The van der Waals surface area contributed by atoms with Crippen LogP contribution in [0, 0.1) is 11.7 Å². The average Bonchev–Trinajstić information content (AvgIpc) is 2.98. The molecule has 0 bridgehead atoms. The van der Waals surface area contributed by atoms with E-state index in [9.17, 15) is 4.39 Å². The van der Waals surface area contributed by atoms with Crippen molar-refractivity contribution < 1.29 is 4.39 Å². The Kier molecular flexibility index (Phi) is 3.40.